The highest BCUT2D eigenvalue weighted by Gasteiger charge is 2.33. The lowest BCUT2D eigenvalue weighted by atomic mass is 10.1. The normalized spacial score (nSPS) is 15.0. The summed E-state index contributed by atoms with van der Waals surface area (Å²) in [6, 6.07) is 17.4. The van der Waals surface area contributed by atoms with E-state index in [2.05, 4.69) is 5.10 Å². The predicted molar refractivity (Wildman–Crippen MR) is 126 cm³/mol. The topological polar surface area (TPSA) is 88.5 Å². The largest absolute Gasteiger partial charge is 0.497 e. The number of methoxy groups -OCH3 is 1. The summed E-state index contributed by atoms with van der Waals surface area (Å²) in [6.07, 6.45) is 2.49. The Morgan fingerprint density at radius 1 is 1.03 bits per heavy atom. The summed E-state index contributed by atoms with van der Waals surface area (Å²) in [5, 5.41) is 5.80. The van der Waals surface area contributed by atoms with Gasteiger partial charge in [0.15, 0.2) is 6.61 Å². The summed E-state index contributed by atoms with van der Waals surface area (Å²) in [5.41, 5.74) is 2.84. The summed E-state index contributed by atoms with van der Waals surface area (Å²) in [4.78, 5) is 39.1. The van der Waals surface area contributed by atoms with Crippen molar-refractivity contribution in [3.05, 3.63) is 65.7 Å². The highest BCUT2D eigenvalue weighted by atomic mass is 16.5. The van der Waals surface area contributed by atoms with Gasteiger partial charge in [-0.15, -0.1) is 0 Å². The second-order valence-electron chi connectivity index (χ2n) is 8.44. The van der Waals surface area contributed by atoms with Crippen LogP contribution in [0.3, 0.4) is 0 Å². The third-order valence-electron chi connectivity index (χ3n) is 5.92. The molecule has 1 fully saturated rings. The molecule has 1 saturated carbocycles. The quantitative estimate of drug-likeness (QED) is 0.505. The Labute approximate surface area is 199 Å². The van der Waals surface area contributed by atoms with Gasteiger partial charge in [0.1, 0.15) is 5.75 Å². The minimum absolute atomic E-state index is 0.00319. The molecule has 0 radical (unpaired) electrons. The zero-order chi connectivity index (χ0) is 23.9. The second kappa shape index (κ2) is 11.0. The number of hydrazone groups is 1. The van der Waals surface area contributed by atoms with E-state index in [0.29, 0.717) is 19.5 Å². The molecule has 1 aliphatic carbocycles. The number of hydrogen-bond donors (Lipinski definition) is 0. The van der Waals surface area contributed by atoms with Gasteiger partial charge < -0.3 is 14.4 Å². The first-order valence-electron chi connectivity index (χ1n) is 11.5. The van der Waals surface area contributed by atoms with Crippen LogP contribution in [0.2, 0.25) is 0 Å². The van der Waals surface area contributed by atoms with Crippen molar-refractivity contribution in [3.63, 3.8) is 0 Å². The van der Waals surface area contributed by atoms with Crippen molar-refractivity contribution < 1.29 is 23.9 Å². The Hall–Kier alpha value is -3.68. The van der Waals surface area contributed by atoms with Crippen LogP contribution in [0.5, 0.6) is 5.75 Å². The zero-order valence-electron chi connectivity index (χ0n) is 19.3. The fraction of sp³-hybridized carbons (Fsp3) is 0.385. The number of carbonyl (C=O) groups is 3. The third kappa shape index (κ3) is 6.21. The average Bonchev–Trinajstić information content (AvgIpc) is 3.60. The number of nitrogens with zero attached hydrogens (tertiary/aromatic N) is 3. The van der Waals surface area contributed by atoms with Crippen LogP contribution in [0.4, 0.5) is 0 Å². The van der Waals surface area contributed by atoms with Crippen molar-refractivity contribution in [2.75, 3.05) is 20.3 Å². The van der Waals surface area contributed by atoms with Crippen LogP contribution in [0, 0.1) is 0 Å². The van der Waals surface area contributed by atoms with E-state index in [-0.39, 0.29) is 37.3 Å². The molecule has 0 spiro atoms. The van der Waals surface area contributed by atoms with Crippen molar-refractivity contribution in [1.29, 1.82) is 0 Å². The molecule has 1 heterocycles. The van der Waals surface area contributed by atoms with Gasteiger partial charge in [-0.1, -0.05) is 42.5 Å². The van der Waals surface area contributed by atoms with Gasteiger partial charge >= 0.3 is 5.97 Å². The Balaban J connectivity index is 1.22. The van der Waals surface area contributed by atoms with Crippen LogP contribution >= 0.6 is 0 Å². The molecule has 178 valence electrons. The molecule has 0 N–H and O–H groups in total. The number of esters is 1. The summed E-state index contributed by atoms with van der Waals surface area (Å²) in [6.45, 7) is 0.637. The maximum absolute atomic E-state index is 12.7. The maximum atomic E-state index is 12.7. The molecule has 0 bridgehead atoms. The number of hydrogen-bond acceptors (Lipinski definition) is 6. The minimum Gasteiger partial charge on any atom is -0.497 e. The van der Waals surface area contributed by atoms with Crippen molar-refractivity contribution in [2.45, 2.75) is 44.7 Å². The molecular weight excluding hydrogens is 434 g/mol. The molecule has 8 nitrogen and oxygen atoms in total. The van der Waals surface area contributed by atoms with Crippen molar-refractivity contribution in [1.82, 2.24) is 9.91 Å². The Kier molecular flexibility index (Phi) is 7.57. The smallest absolute Gasteiger partial charge is 0.306 e. The van der Waals surface area contributed by atoms with E-state index >= 15 is 0 Å². The van der Waals surface area contributed by atoms with E-state index in [1.807, 2.05) is 54.6 Å². The molecule has 2 aromatic carbocycles. The average molecular weight is 464 g/mol. The highest BCUT2D eigenvalue weighted by Crippen LogP contribution is 2.29. The van der Waals surface area contributed by atoms with E-state index in [4.69, 9.17) is 9.47 Å². The first-order chi connectivity index (χ1) is 16.5. The lowest BCUT2D eigenvalue weighted by Gasteiger charge is -2.22. The number of rotatable bonds is 10. The highest BCUT2D eigenvalue weighted by molar-refractivity contribution is 6.02. The van der Waals surface area contributed by atoms with Gasteiger partial charge in [0.25, 0.3) is 5.91 Å². The zero-order valence-corrected chi connectivity index (χ0v) is 19.3. The van der Waals surface area contributed by atoms with Gasteiger partial charge in [-0.25, -0.2) is 5.01 Å². The number of ether oxygens (including phenoxy) is 2. The molecule has 34 heavy (non-hydrogen) atoms. The summed E-state index contributed by atoms with van der Waals surface area (Å²) >= 11 is 0. The van der Waals surface area contributed by atoms with Crippen LogP contribution in [0.1, 0.15) is 43.2 Å². The molecule has 2 amide bonds. The molecule has 1 aliphatic heterocycles. The van der Waals surface area contributed by atoms with Gasteiger partial charge in [0, 0.05) is 25.4 Å². The Morgan fingerprint density at radius 3 is 2.44 bits per heavy atom. The number of benzene rings is 2. The fourth-order valence-corrected chi connectivity index (χ4v) is 3.84. The van der Waals surface area contributed by atoms with Gasteiger partial charge in [-0.2, -0.15) is 5.10 Å². The van der Waals surface area contributed by atoms with Gasteiger partial charge in [-0.3, -0.25) is 14.4 Å². The molecule has 0 saturated heterocycles. The van der Waals surface area contributed by atoms with E-state index in [0.717, 1.165) is 35.4 Å². The number of carbonyl (C=O) groups excluding carboxylic acids is 3. The third-order valence-corrected chi connectivity index (χ3v) is 5.92. The summed E-state index contributed by atoms with van der Waals surface area (Å²) < 4.78 is 10.4. The first kappa shape index (κ1) is 23.5. The van der Waals surface area contributed by atoms with Gasteiger partial charge in [0.05, 0.1) is 25.8 Å². The minimum atomic E-state index is -0.562. The van der Waals surface area contributed by atoms with E-state index in [1.165, 1.54) is 5.01 Å². The molecule has 2 aromatic rings. The van der Waals surface area contributed by atoms with Crippen LogP contribution in [-0.2, 0) is 25.7 Å². The predicted octanol–water partition coefficient (Wildman–Crippen LogP) is 3.15. The summed E-state index contributed by atoms with van der Waals surface area (Å²) in [5.74, 6) is -0.260. The van der Waals surface area contributed by atoms with E-state index in [9.17, 15) is 14.4 Å². The monoisotopic (exact) mass is 463 g/mol. The lowest BCUT2D eigenvalue weighted by Crippen LogP contribution is -2.36. The Morgan fingerprint density at radius 2 is 1.76 bits per heavy atom. The molecule has 4 rings (SSSR count). The molecule has 0 atom stereocenters. The second-order valence-corrected chi connectivity index (χ2v) is 8.44. The van der Waals surface area contributed by atoms with Crippen LogP contribution in [0.25, 0.3) is 0 Å². The van der Waals surface area contributed by atoms with Crippen LogP contribution in [0.15, 0.2) is 59.7 Å². The molecule has 2 aliphatic rings. The molecular formula is C26H29N3O5. The lowest BCUT2D eigenvalue weighted by molar-refractivity contribution is -0.153. The molecule has 0 unspecified atom stereocenters. The summed E-state index contributed by atoms with van der Waals surface area (Å²) in [7, 11) is 1.61. The van der Waals surface area contributed by atoms with Crippen molar-refractivity contribution >= 4 is 23.5 Å². The molecule has 0 aromatic heterocycles. The van der Waals surface area contributed by atoms with Gasteiger partial charge in [-0.05, 0) is 36.1 Å². The van der Waals surface area contributed by atoms with Crippen LogP contribution in [-0.4, -0.2) is 59.7 Å². The SMILES string of the molecule is COc1ccc(CN(C(=O)COC(=O)CCC(=O)N2CCC(c3ccccc3)=N2)C2CC2)cc1. The van der Waals surface area contributed by atoms with E-state index < -0.39 is 5.97 Å². The fourth-order valence-electron chi connectivity index (χ4n) is 3.84. The van der Waals surface area contributed by atoms with Gasteiger partial charge in [0.2, 0.25) is 5.91 Å². The first-order valence-corrected chi connectivity index (χ1v) is 11.5. The van der Waals surface area contributed by atoms with E-state index in [1.54, 1.807) is 12.0 Å². The van der Waals surface area contributed by atoms with Crippen molar-refractivity contribution in [2.24, 2.45) is 5.10 Å². The maximum Gasteiger partial charge on any atom is 0.306 e. The van der Waals surface area contributed by atoms with Crippen molar-refractivity contribution in [3.8, 4) is 5.75 Å². The molecule has 8 heteroatoms. The Bertz CT molecular complexity index is 1050. The standard InChI is InChI=1S/C26H29N3O5/c1-33-22-11-7-19(8-12-22)17-28(21-9-10-21)25(31)18-34-26(32)14-13-24(30)29-16-15-23(27-29)20-5-3-2-4-6-20/h2-8,11-12,21H,9-10,13-18H2,1H3. The van der Waals surface area contributed by atoms with Crippen LogP contribution < -0.4 is 4.74 Å². The number of amides is 2.